The number of anilines is 1. The molecule has 0 aromatic carbocycles. The van der Waals surface area contributed by atoms with Crippen molar-refractivity contribution in [2.45, 2.75) is 38.5 Å². The van der Waals surface area contributed by atoms with E-state index in [1.54, 1.807) is 6.20 Å². The van der Waals surface area contributed by atoms with Gasteiger partial charge in [-0.15, -0.1) is 0 Å². The minimum absolute atomic E-state index is 0.0815. The number of carbonyl (C=O) groups excluding carboxylic acids is 1. The van der Waals surface area contributed by atoms with E-state index in [0.29, 0.717) is 0 Å². The van der Waals surface area contributed by atoms with Gasteiger partial charge in [-0.1, -0.05) is 0 Å². The Balaban J connectivity index is 1.54. The molecule has 5 rings (SSSR count). The third-order valence-corrected chi connectivity index (χ3v) is 5.97. The highest BCUT2D eigenvalue weighted by atomic mass is 79.9. The van der Waals surface area contributed by atoms with Crippen molar-refractivity contribution < 1.29 is 4.79 Å². The molecule has 4 fully saturated rings. The molecule has 0 unspecified atom stereocenters. The molecule has 0 radical (unpaired) electrons. The molecule has 0 spiro atoms. The number of aromatic nitrogens is 1. The zero-order valence-corrected chi connectivity index (χ0v) is 13.0. The molecule has 0 saturated heterocycles. The molecule has 20 heavy (non-hydrogen) atoms. The minimum Gasteiger partial charge on any atom is -0.324 e. The Morgan fingerprint density at radius 1 is 1.15 bits per heavy atom. The molecule has 3 nitrogen and oxygen atoms in total. The topological polar surface area (TPSA) is 42.0 Å². The van der Waals surface area contributed by atoms with E-state index in [1.807, 2.05) is 12.1 Å². The van der Waals surface area contributed by atoms with E-state index in [0.717, 1.165) is 47.3 Å². The van der Waals surface area contributed by atoms with Gasteiger partial charge in [0.05, 0.1) is 17.3 Å². The van der Waals surface area contributed by atoms with E-state index >= 15 is 0 Å². The number of carbonyl (C=O) groups is 1. The number of nitrogens with zero attached hydrogens (tertiary/aromatic N) is 1. The lowest BCUT2D eigenvalue weighted by Crippen LogP contribution is -2.51. The lowest BCUT2D eigenvalue weighted by Gasteiger charge is -2.55. The number of pyridine rings is 1. The van der Waals surface area contributed by atoms with Crippen molar-refractivity contribution in [1.82, 2.24) is 4.98 Å². The van der Waals surface area contributed by atoms with E-state index in [1.165, 1.54) is 19.3 Å². The monoisotopic (exact) mass is 334 g/mol. The van der Waals surface area contributed by atoms with Crippen LogP contribution in [0.2, 0.25) is 0 Å². The molecule has 1 amide bonds. The van der Waals surface area contributed by atoms with Gasteiger partial charge >= 0.3 is 0 Å². The maximum atomic E-state index is 12.8. The molecule has 1 aromatic heterocycles. The predicted octanol–water partition coefficient (Wildman–Crippen LogP) is 4.00. The molecular formula is C16H19BrN2O. The van der Waals surface area contributed by atoms with Crippen molar-refractivity contribution in [3.8, 4) is 0 Å². The summed E-state index contributed by atoms with van der Waals surface area (Å²) in [5.74, 6) is 2.64. The lowest BCUT2D eigenvalue weighted by molar-refractivity contribution is -0.140. The standard InChI is InChI=1S/C16H19BrN2O/c17-14-2-1-13(9-18-14)19-15(20)16-6-10-3-11(7-16)5-12(4-10)8-16/h1-2,9-12H,3-8H2,(H,19,20). The summed E-state index contributed by atoms with van der Waals surface area (Å²) in [7, 11) is 0. The molecule has 0 aliphatic heterocycles. The summed E-state index contributed by atoms with van der Waals surface area (Å²) >= 11 is 3.32. The van der Waals surface area contributed by atoms with Gasteiger partial charge in [-0.05, 0) is 84.3 Å². The van der Waals surface area contributed by atoms with Gasteiger partial charge in [0.1, 0.15) is 4.60 Å². The number of halogens is 1. The number of rotatable bonds is 2. The van der Waals surface area contributed by atoms with Crippen molar-refractivity contribution in [3.05, 3.63) is 22.9 Å². The van der Waals surface area contributed by atoms with Crippen LogP contribution in [0.25, 0.3) is 0 Å². The predicted molar refractivity (Wildman–Crippen MR) is 81.2 cm³/mol. The Morgan fingerprint density at radius 3 is 2.25 bits per heavy atom. The number of hydrogen-bond acceptors (Lipinski definition) is 2. The average molecular weight is 335 g/mol. The summed E-state index contributed by atoms with van der Waals surface area (Å²) in [6, 6.07) is 3.78. The Hall–Kier alpha value is -0.900. The van der Waals surface area contributed by atoms with Crippen LogP contribution in [0.15, 0.2) is 22.9 Å². The second kappa shape index (κ2) is 4.55. The zero-order valence-electron chi connectivity index (χ0n) is 11.4. The molecule has 0 atom stereocenters. The normalized spacial score (nSPS) is 38.0. The van der Waals surface area contributed by atoms with Crippen LogP contribution in [0.1, 0.15) is 38.5 Å². The number of hydrogen-bond donors (Lipinski definition) is 1. The van der Waals surface area contributed by atoms with E-state index in [9.17, 15) is 4.79 Å². The Bertz CT molecular complexity index is 505. The van der Waals surface area contributed by atoms with Crippen LogP contribution in [0.5, 0.6) is 0 Å². The van der Waals surface area contributed by atoms with Gasteiger partial charge in [-0.25, -0.2) is 4.98 Å². The maximum Gasteiger partial charge on any atom is 0.230 e. The van der Waals surface area contributed by atoms with Crippen LogP contribution >= 0.6 is 15.9 Å². The second-order valence-corrected chi connectivity index (χ2v) is 7.83. The second-order valence-electron chi connectivity index (χ2n) is 7.02. The summed E-state index contributed by atoms with van der Waals surface area (Å²) in [5.41, 5.74) is 0.732. The Kier molecular flexibility index (Phi) is 2.92. The lowest BCUT2D eigenvalue weighted by atomic mass is 9.49. The highest BCUT2D eigenvalue weighted by molar-refractivity contribution is 9.10. The molecule has 4 aliphatic carbocycles. The van der Waals surface area contributed by atoms with Crippen LogP contribution in [-0.2, 0) is 4.79 Å². The summed E-state index contributed by atoms with van der Waals surface area (Å²) in [5, 5.41) is 3.10. The molecular weight excluding hydrogens is 316 g/mol. The highest BCUT2D eigenvalue weighted by Gasteiger charge is 2.54. The first-order chi connectivity index (χ1) is 9.63. The van der Waals surface area contributed by atoms with Crippen LogP contribution < -0.4 is 5.32 Å². The minimum atomic E-state index is -0.0815. The van der Waals surface area contributed by atoms with E-state index in [4.69, 9.17) is 0 Å². The first-order valence-corrected chi connectivity index (χ1v) is 8.35. The Labute approximate surface area is 127 Å². The van der Waals surface area contributed by atoms with Crippen molar-refractivity contribution in [2.75, 3.05) is 5.32 Å². The first kappa shape index (κ1) is 12.8. The van der Waals surface area contributed by atoms with E-state index in [2.05, 4.69) is 26.2 Å². The van der Waals surface area contributed by atoms with Gasteiger partial charge in [0.25, 0.3) is 0 Å². The van der Waals surface area contributed by atoms with Crippen molar-refractivity contribution in [1.29, 1.82) is 0 Å². The van der Waals surface area contributed by atoms with Crippen LogP contribution in [0, 0.1) is 23.2 Å². The van der Waals surface area contributed by atoms with Gasteiger partial charge in [0.15, 0.2) is 0 Å². The Morgan fingerprint density at radius 2 is 1.75 bits per heavy atom. The van der Waals surface area contributed by atoms with Crippen molar-refractivity contribution in [3.63, 3.8) is 0 Å². The molecule has 1 aromatic rings. The van der Waals surface area contributed by atoms with Crippen molar-refractivity contribution in [2.24, 2.45) is 23.2 Å². The summed E-state index contributed by atoms with van der Waals surface area (Å²) in [6.07, 6.45) is 9.14. The molecule has 106 valence electrons. The maximum absolute atomic E-state index is 12.8. The van der Waals surface area contributed by atoms with Crippen LogP contribution in [-0.4, -0.2) is 10.9 Å². The molecule has 1 heterocycles. The third-order valence-electron chi connectivity index (χ3n) is 5.51. The summed E-state index contributed by atoms with van der Waals surface area (Å²) in [4.78, 5) is 17.0. The summed E-state index contributed by atoms with van der Waals surface area (Å²) < 4.78 is 0.797. The molecule has 4 saturated carbocycles. The fourth-order valence-electron chi connectivity index (χ4n) is 5.10. The first-order valence-electron chi connectivity index (χ1n) is 7.56. The molecule has 4 aliphatic rings. The zero-order chi connectivity index (χ0) is 13.7. The van der Waals surface area contributed by atoms with E-state index in [-0.39, 0.29) is 11.3 Å². The van der Waals surface area contributed by atoms with Crippen LogP contribution in [0.4, 0.5) is 5.69 Å². The molecule has 4 bridgehead atoms. The highest BCUT2D eigenvalue weighted by Crippen LogP contribution is 2.60. The SMILES string of the molecule is O=C(Nc1ccc(Br)nc1)C12CC3CC(CC(C3)C1)C2. The van der Waals surface area contributed by atoms with Gasteiger partial charge in [-0.2, -0.15) is 0 Å². The smallest absolute Gasteiger partial charge is 0.230 e. The third kappa shape index (κ3) is 2.09. The fraction of sp³-hybridized carbons (Fsp3) is 0.625. The number of amides is 1. The molecule has 4 heteroatoms. The van der Waals surface area contributed by atoms with Gasteiger partial charge < -0.3 is 5.32 Å². The largest absolute Gasteiger partial charge is 0.324 e. The molecule has 1 N–H and O–H groups in total. The fourth-order valence-corrected chi connectivity index (χ4v) is 5.34. The average Bonchev–Trinajstić information content (AvgIpc) is 2.40. The van der Waals surface area contributed by atoms with E-state index < -0.39 is 0 Å². The quantitative estimate of drug-likeness (QED) is 0.830. The number of nitrogens with one attached hydrogen (secondary N) is 1. The summed E-state index contributed by atoms with van der Waals surface area (Å²) in [6.45, 7) is 0. The van der Waals surface area contributed by atoms with Crippen molar-refractivity contribution >= 4 is 27.5 Å². The van der Waals surface area contributed by atoms with Gasteiger partial charge in [0.2, 0.25) is 5.91 Å². The van der Waals surface area contributed by atoms with Crippen LogP contribution in [0.3, 0.4) is 0 Å². The van der Waals surface area contributed by atoms with Gasteiger partial charge in [-0.3, -0.25) is 4.79 Å². The van der Waals surface area contributed by atoms with Gasteiger partial charge in [0, 0.05) is 0 Å².